The number of hydrogen-bond donors (Lipinski definition) is 2. The molecule has 0 saturated heterocycles. The number of nitrogens with zero attached hydrogens (tertiary/aromatic N) is 1. The number of aryl methyl sites for hydroxylation is 1. The summed E-state index contributed by atoms with van der Waals surface area (Å²) in [6.45, 7) is 1.71. The third kappa shape index (κ3) is 2.68. The highest BCUT2D eigenvalue weighted by Gasteiger charge is 2.12. The van der Waals surface area contributed by atoms with Crippen molar-refractivity contribution in [2.75, 3.05) is 11.1 Å². The highest BCUT2D eigenvalue weighted by Crippen LogP contribution is 2.24. The average molecular weight is 330 g/mol. The highest BCUT2D eigenvalue weighted by molar-refractivity contribution is 9.10. The number of nitrogen functional groups attached to an aromatic ring is 1. The maximum atomic E-state index is 13.2. The van der Waals surface area contributed by atoms with Crippen molar-refractivity contribution in [1.82, 2.24) is 4.98 Å². The first kappa shape index (κ1) is 13.0. The van der Waals surface area contributed by atoms with E-state index in [4.69, 9.17) is 5.73 Å². The van der Waals surface area contributed by atoms with Crippen molar-refractivity contribution >= 4 is 44.0 Å². The molecule has 0 bridgehead atoms. The second-order valence-electron chi connectivity index (χ2n) is 3.61. The first-order valence-electron chi connectivity index (χ1n) is 4.95. The molecule has 1 heterocycles. The monoisotopic (exact) mass is 329 g/mol. The topological polar surface area (TPSA) is 68.0 Å². The van der Waals surface area contributed by atoms with Crippen molar-refractivity contribution in [3.8, 4) is 0 Å². The Labute approximate surface area is 115 Å². The zero-order chi connectivity index (χ0) is 13.3. The summed E-state index contributed by atoms with van der Waals surface area (Å²) in [6.07, 6.45) is 0. The minimum Gasteiger partial charge on any atom is -0.375 e. The quantitative estimate of drug-likeness (QED) is 0.889. The fourth-order valence-corrected chi connectivity index (χ4v) is 2.25. The van der Waals surface area contributed by atoms with Crippen LogP contribution in [0.1, 0.15) is 16.1 Å². The van der Waals surface area contributed by atoms with Gasteiger partial charge in [-0.2, -0.15) is 0 Å². The maximum Gasteiger partial charge on any atom is 0.275 e. The van der Waals surface area contributed by atoms with Crippen LogP contribution in [0.15, 0.2) is 22.0 Å². The number of hydrogen-bond acceptors (Lipinski definition) is 4. The Balaban J connectivity index is 2.24. The van der Waals surface area contributed by atoms with E-state index in [0.29, 0.717) is 20.9 Å². The molecular weight excluding hydrogens is 321 g/mol. The van der Waals surface area contributed by atoms with E-state index in [0.717, 1.165) is 0 Å². The van der Waals surface area contributed by atoms with Crippen LogP contribution in [0.2, 0.25) is 0 Å². The summed E-state index contributed by atoms with van der Waals surface area (Å²) < 4.78 is 13.5. The molecule has 18 heavy (non-hydrogen) atoms. The van der Waals surface area contributed by atoms with E-state index in [-0.39, 0.29) is 17.4 Å². The molecule has 0 atom stereocenters. The summed E-state index contributed by atoms with van der Waals surface area (Å²) in [4.78, 5) is 15.7. The molecule has 0 aliphatic carbocycles. The van der Waals surface area contributed by atoms with Crippen LogP contribution in [-0.4, -0.2) is 10.9 Å². The van der Waals surface area contributed by atoms with Crippen LogP contribution < -0.4 is 11.1 Å². The molecule has 1 aromatic carbocycles. The summed E-state index contributed by atoms with van der Waals surface area (Å²) in [6, 6.07) is 2.85. The van der Waals surface area contributed by atoms with Crippen molar-refractivity contribution in [2.24, 2.45) is 0 Å². The number of halogens is 2. The van der Waals surface area contributed by atoms with Gasteiger partial charge in [-0.3, -0.25) is 4.79 Å². The molecule has 7 heteroatoms. The van der Waals surface area contributed by atoms with Crippen molar-refractivity contribution in [2.45, 2.75) is 6.92 Å². The number of aromatic nitrogens is 1. The molecule has 2 rings (SSSR count). The van der Waals surface area contributed by atoms with Gasteiger partial charge in [0.25, 0.3) is 5.91 Å². The SMILES string of the molecule is Cc1cc(F)c(Br)cc1NC(=O)c1csc(N)n1. The standard InChI is InChI=1S/C11H9BrFN3OS/c1-5-2-7(13)6(12)3-8(5)15-10(17)9-4-18-11(14)16-9/h2-4H,1H3,(H2,14,16)(H,15,17). The van der Waals surface area contributed by atoms with E-state index in [1.807, 2.05) is 0 Å². The third-order valence-corrected chi connectivity index (χ3v) is 3.55. The molecule has 0 aliphatic rings. The molecule has 0 saturated carbocycles. The van der Waals surface area contributed by atoms with E-state index >= 15 is 0 Å². The lowest BCUT2D eigenvalue weighted by molar-refractivity contribution is 0.102. The summed E-state index contributed by atoms with van der Waals surface area (Å²) in [7, 11) is 0. The van der Waals surface area contributed by atoms with Gasteiger partial charge < -0.3 is 11.1 Å². The molecular formula is C11H9BrFN3OS. The maximum absolute atomic E-state index is 13.2. The zero-order valence-electron chi connectivity index (χ0n) is 9.33. The number of thiazole rings is 1. The first-order chi connectivity index (χ1) is 8.47. The number of amides is 1. The summed E-state index contributed by atoms with van der Waals surface area (Å²) in [5.74, 6) is -0.743. The van der Waals surface area contributed by atoms with Gasteiger partial charge in [0.05, 0.1) is 4.47 Å². The van der Waals surface area contributed by atoms with Gasteiger partial charge in [0.2, 0.25) is 0 Å². The van der Waals surface area contributed by atoms with Crippen molar-refractivity contribution < 1.29 is 9.18 Å². The molecule has 94 valence electrons. The lowest BCUT2D eigenvalue weighted by atomic mass is 10.2. The van der Waals surface area contributed by atoms with Crippen LogP contribution in [-0.2, 0) is 0 Å². The molecule has 0 aliphatic heterocycles. The van der Waals surface area contributed by atoms with Gasteiger partial charge in [0.15, 0.2) is 5.13 Å². The van der Waals surface area contributed by atoms with E-state index in [9.17, 15) is 9.18 Å². The number of carbonyl (C=O) groups is 1. The lowest BCUT2D eigenvalue weighted by Gasteiger charge is -2.08. The summed E-state index contributed by atoms with van der Waals surface area (Å²) in [5.41, 5.74) is 6.86. The Hall–Kier alpha value is -1.47. The minimum atomic E-state index is -0.372. The van der Waals surface area contributed by atoms with E-state index in [1.54, 1.807) is 12.3 Å². The normalized spacial score (nSPS) is 10.4. The van der Waals surface area contributed by atoms with Gasteiger partial charge in [-0.05, 0) is 40.5 Å². The summed E-state index contributed by atoms with van der Waals surface area (Å²) in [5, 5.41) is 4.56. The third-order valence-electron chi connectivity index (χ3n) is 2.27. The molecule has 0 unspecified atom stereocenters. The van der Waals surface area contributed by atoms with E-state index in [1.165, 1.54) is 23.5 Å². The van der Waals surface area contributed by atoms with Gasteiger partial charge in [0, 0.05) is 11.1 Å². The lowest BCUT2D eigenvalue weighted by Crippen LogP contribution is -2.13. The van der Waals surface area contributed by atoms with Gasteiger partial charge in [0.1, 0.15) is 11.5 Å². The minimum absolute atomic E-state index is 0.248. The average Bonchev–Trinajstić information content (AvgIpc) is 2.73. The van der Waals surface area contributed by atoms with Crippen molar-refractivity contribution in [3.63, 3.8) is 0 Å². The van der Waals surface area contributed by atoms with Crippen LogP contribution in [0.3, 0.4) is 0 Å². The number of rotatable bonds is 2. The predicted molar refractivity (Wildman–Crippen MR) is 73.3 cm³/mol. The van der Waals surface area contributed by atoms with Crippen LogP contribution in [0.4, 0.5) is 15.2 Å². The Kier molecular flexibility index (Phi) is 3.63. The van der Waals surface area contributed by atoms with Gasteiger partial charge in [-0.15, -0.1) is 11.3 Å². The van der Waals surface area contributed by atoms with Crippen molar-refractivity contribution in [3.05, 3.63) is 39.1 Å². The Morgan fingerprint density at radius 1 is 1.56 bits per heavy atom. The largest absolute Gasteiger partial charge is 0.375 e. The number of nitrogens with one attached hydrogen (secondary N) is 1. The van der Waals surface area contributed by atoms with E-state index < -0.39 is 0 Å². The second kappa shape index (κ2) is 5.03. The zero-order valence-corrected chi connectivity index (χ0v) is 11.7. The molecule has 3 N–H and O–H groups in total. The molecule has 1 aromatic heterocycles. The van der Waals surface area contributed by atoms with Crippen LogP contribution in [0, 0.1) is 12.7 Å². The Morgan fingerprint density at radius 3 is 2.89 bits per heavy atom. The van der Waals surface area contributed by atoms with E-state index in [2.05, 4.69) is 26.2 Å². The number of nitrogens with two attached hydrogens (primary N) is 1. The fraction of sp³-hybridized carbons (Fsp3) is 0.0909. The second-order valence-corrected chi connectivity index (χ2v) is 5.35. The van der Waals surface area contributed by atoms with Gasteiger partial charge in [-0.25, -0.2) is 9.37 Å². The Bertz CT molecular complexity index is 614. The van der Waals surface area contributed by atoms with Crippen LogP contribution >= 0.6 is 27.3 Å². The molecule has 0 spiro atoms. The molecule has 2 aromatic rings. The Morgan fingerprint density at radius 2 is 2.28 bits per heavy atom. The molecule has 0 radical (unpaired) electrons. The molecule has 0 fully saturated rings. The number of anilines is 2. The van der Waals surface area contributed by atoms with Crippen LogP contribution in [0.25, 0.3) is 0 Å². The number of benzene rings is 1. The van der Waals surface area contributed by atoms with Gasteiger partial charge >= 0.3 is 0 Å². The molecule has 1 amide bonds. The van der Waals surface area contributed by atoms with Crippen molar-refractivity contribution in [1.29, 1.82) is 0 Å². The number of carbonyl (C=O) groups excluding carboxylic acids is 1. The van der Waals surface area contributed by atoms with Crippen LogP contribution in [0.5, 0.6) is 0 Å². The smallest absolute Gasteiger partial charge is 0.275 e. The molecule has 4 nitrogen and oxygen atoms in total. The fourth-order valence-electron chi connectivity index (χ4n) is 1.36. The first-order valence-corrected chi connectivity index (χ1v) is 6.62. The van der Waals surface area contributed by atoms with Gasteiger partial charge in [-0.1, -0.05) is 0 Å². The summed E-state index contributed by atoms with van der Waals surface area (Å²) >= 11 is 4.26. The predicted octanol–water partition coefficient (Wildman–Crippen LogP) is 3.19. The highest BCUT2D eigenvalue weighted by atomic mass is 79.9.